The van der Waals surface area contributed by atoms with Crippen molar-refractivity contribution in [1.82, 2.24) is 0 Å². The van der Waals surface area contributed by atoms with E-state index in [1.807, 2.05) is 6.07 Å². The average Bonchev–Trinajstić information content (AvgIpc) is 2.81. The summed E-state index contributed by atoms with van der Waals surface area (Å²) in [6, 6.07) is 27.8. The molecule has 0 amide bonds. The highest BCUT2D eigenvalue weighted by atomic mass is 35.5. The fourth-order valence-electron chi connectivity index (χ4n) is 4.15. The van der Waals surface area contributed by atoms with Gasteiger partial charge in [0.1, 0.15) is 4.87 Å². The smallest absolute Gasteiger partial charge is 0.119 e. The molecule has 0 saturated carbocycles. The summed E-state index contributed by atoms with van der Waals surface area (Å²) in [5.74, 6) is 0. The van der Waals surface area contributed by atoms with Gasteiger partial charge in [0.15, 0.2) is 0 Å². The molecule has 3 rings (SSSR count). The fourth-order valence-corrected chi connectivity index (χ4v) is 4.53. The molecule has 3 heteroatoms. The third kappa shape index (κ3) is 4.34. The molecule has 0 fully saturated rings. The van der Waals surface area contributed by atoms with Gasteiger partial charge in [-0.2, -0.15) is 0 Å². The first-order valence-corrected chi connectivity index (χ1v) is 11.4. The van der Waals surface area contributed by atoms with Gasteiger partial charge in [-0.3, -0.25) is 0 Å². The van der Waals surface area contributed by atoms with E-state index in [1.165, 1.54) is 11.4 Å². The Morgan fingerprint density at radius 2 is 0.867 bits per heavy atom. The molecule has 0 aliphatic carbocycles. The summed E-state index contributed by atoms with van der Waals surface area (Å²) in [6.07, 6.45) is 0. The Balaban J connectivity index is 2.07. The van der Waals surface area contributed by atoms with Crippen molar-refractivity contribution in [1.29, 1.82) is 0 Å². The zero-order valence-corrected chi connectivity index (χ0v) is 19.4. The van der Waals surface area contributed by atoms with Crippen LogP contribution in [0.1, 0.15) is 44.4 Å². The van der Waals surface area contributed by atoms with Crippen LogP contribution in [-0.2, 0) is 4.87 Å². The minimum atomic E-state index is -0.731. The third-order valence-corrected chi connectivity index (χ3v) is 6.61. The molecule has 30 heavy (non-hydrogen) atoms. The molecule has 0 N–H and O–H groups in total. The van der Waals surface area contributed by atoms with E-state index in [9.17, 15) is 0 Å². The van der Waals surface area contributed by atoms with Crippen LogP contribution in [0.4, 0.5) is 11.4 Å². The van der Waals surface area contributed by atoms with E-state index in [2.05, 4.69) is 110 Å². The number of hydrogen-bond donors (Lipinski definition) is 0. The van der Waals surface area contributed by atoms with E-state index in [4.69, 9.17) is 11.6 Å². The van der Waals surface area contributed by atoms with Crippen LogP contribution in [0.25, 0.3) is 0 Å². The van der Waals surface area contributed by atoms with Crippen molar-refractivity contribution in [2.24, 2.45) is 0 Å². The number of nitrogens with zero attached hydrogens (tertiary/aromatic N) is 2. The molecule has 0 heterocycles. The van der Waals surface area contributed by atoms with Gasteiger partial charge in [-0.1, -0.05) is 54.6 Å². The predicted octanol–water partition coefficient (Wildman–Crippen LogP) is 6.91. The molecule has 3 aromatic carbocycles. The Bertz CT molecular complexity index is 840. The largest absolute Gasteiger partial charge is 0.372 e. The van der Waals surface area contributed by atoms with Crippen LogP contribution >= 0.6 is 11.6 Å². The Morgan fingerprint density at radius 1 is 0.533 bits per heavy atom. The molecule has 0 aliphatic heterocycles. The molecular weight excluding hydrogens is 388 g/mol. The second-order valence-corrected chi connectivity index (χ2v) is 8.03. The molecule has 0 saturated heterocycles. The second-order valence-electron chi connectivity index (χ2n) is 7.46. The zero-order valence-electron chi connectivity index (χ0n) is 18.6. The van der Waals surface area contributed by atoms with Crippen LogP contribution in [0.2, 0.25) is 0 Å². The van der Waals surface area contributed by atoms with Crippen LogP contribution in [0, 0.1) is 0 Å². The molecule has 2 nitrogen and oxygen atoms in total. The summed E-state index contributed by atoms with van der Waals surface area (Å²) in [4.78, 5) is 3.97. The Labute approximate surface area is 187 Å². The second kappa shape index (κ2) is 10.0. The normalized spacial score (nSPS) is 11.4. The highest BCUT2D eigenvalue weighted by Crippen LogP contribution is 2.43. The van der Waals surface area contributed by atoms with E-state index < -0.39 is 4.87 Å². The van der Waals surface area contributed by atoms with E-state index >= 15 is 0 Å². The zero-order chi connectivity index (χ0) is 21.6. The number of hydrogen-bond acceptors (Lipinski definition) is 2. The number of anilines is 2. The molecule has 0 spiro atoms. The molecule has 3 aromatic rings. The van der Waals surface area contributed by atoms with Crippen molar-refractivity contribution in [2.45, 2.75) is 32.6 Å². The van der Waals surface area contributed by atoms with Crippen LogP contribution in [0.5, 0.6) is 0 Å². The molecule has 0 aromatic heterocycles. The Hall–Kier alpha value is -2.45. The number of alkyl halides is 1. The Kier molecular flexibility index (Phi) is 7.44. The van der Waals surface area contributed by atoms with Crippen molar-refractivity contribution >= 4 is 23.0 Å². The van der Waals surface area contributed by atoms with Gasteiger partial charge in [0.2, 0.25) is 0 Å². The lowest BCUT2D eigenvalue weighted by molar-refractivity contribution is 0.851. The van der Waals surface area contributed by atoms with E-state index in [-0.39, 0.29) is 0 Å². The number of rotatable bonds is 9. The highest BCUT2D eigenvalue weighted by molar-refractivity contribution is 6.28. The maximum Gasteiger partial charge on any atom is 0.119 e. The Morgan fingerprint density at radius 3 is 1.20 bits per heavy atom. The van der Waals surface area contributed by atoms with Gasteiger partial charge in [0.05, 0.1) is 0 Å². The van der Waals surface area contributed by atoms with Gasteiger partial charge in [-0.15, -0.1) is 11.6 Å². The van der Waals surface area contributed by atoms with Crippen LogP contribution in [-0.4, -0.2) is 26.2 Å². The third-order valence-electron chi connectivity index (χ3n) is 5.96. The maximum atomic E-state index is 7.49. The molecule has 158 valence electrons. The van der Waals surface area contributed by atoms with Crippen molar-refractivity contribution < 1.29 is 0 Å². The minimum Gasteiger partial charge on any atom is -0.372 e. The van der Waals surface area contributed by atoms with Gasteiger partial charge in [-0.05, 0) is 68.7 Å². The first-order valence-electron chi connectivity index (χ1n) is 11.0. The van der Waals surface area contributed by atoms with Crippen LogP contribution < -0.4 is 9.80 Å². The lowest BCUT2D eigenvalue weighted by Gasteiger charge is -2.31. The van der Waals surface area contributed by atoms with Crippen molar-refractivity contribution in [2.75, 3.05) is 36.0 Å². The first kappa shape index (κ1) is 22.2. The van der Waals surface area contributed by atoms with Gasteiger partial charge in [0, 0.05) is 37.6 Å². The summed E-state index contributed by atoms with van der Waals surface area (Å²) in [7, 11) is 0. The molecule has 0 atom stereocenters. The van der Waals surface area contributed by atoms with E-state index in [1.54, 1.807) is 0 Å². The lowest BCUT2D eigenvalue weighted by Crippen LogP contribution is -2.25. The monoisotopic (exact) mass is 420 g/mol. The van der Waals surface area contributed by atoms with Gasteiger partial charge in [-0.25, -0.2) is 0 Å². The molecule has 0 unspecified atom stereocenters. The molecule has 0 bridgehead atoms. The minimum absolute atomic E-state index is 0.731. The average molecular weight is 421 g/mol. The lowest BCUT2D eigenvalue weighted by atomic mass is 9.84. The number of benzene rings is 3. The van der Waals surface area contributed by atoms with Crippen molar-refractivity contribution in [3.05, 3.63) is 95.6 Å². The van der Waals surface area contributed by atoms with Crippen molar-refractivity contribution in [3.8, 4) is 0 Å². The molecule has 0 radical (unpaired) electrons. The maximum absolute atomic E-state index is 7.49. The van der Waals surface area contributed by atoms with E-state index in [0.29, 0.717) is 0 Å². The van der Waals surface area contributed by atoms with Gasteiger partial charge in [0.25, 0.3) is 0 Å². The summed E-state index contributed by atoms with van der Waals surface area (Å²) < 4.78 is 0. The van der Waals surface area contributed by atoms with Crippen LogP contribution in [0.3, 0.4) is 0 Å². The van der Waals surface area contributed by atoms with E-state index in [0.717, 1.165) is 42.9 Å². The summed E-state index contributed by atoms with van der Waals surface area (Å²) in [5, 5.41) is 0. The topological polar surface area (TPSA) is 6.48 Å². The predicted molar refractivity (Wildman–Crippen MR) is 132 cm³/mol. The first-order chi connectivity index (χ1) is 14.6. The summed E-state index contributed by atoms with van der Waals surface area (Å²) >= 11 is 7.49. The standard InChI is InChI=1S/C27H33ClN2/c1-5-29(6-2)25-18-14-23(15-19-25)27(28,22-12-10-9-11-13-22)24-16-20-26(21-17-24)30(7-3)8-4/h9-21H,5-8H2,1-4H3. The molecular formula is C27H33ClN2. The fraction of sp³-hybridized carbons (Fsp3) is 0.333. The quantitative estimate of drug-likeness (QED) is 0.274. The highest BCUT2D eigenvalue weighted by Gasteiger charge is 2.34. The number of halogens is 1. The SMILES string of the molecule is CCN(CC)c1ccc(C(Cl)(c2ccccc2)c2ccc(N(CC)CC)cc2)cc1. The van der Waals surface area contributed by atoms with Crippen molar-refractivity contribution in [3.63, 3.8) is 0 Å². The van der Waals surface area contributed by atoms with Gasteiger partial charge < -0.3 is 9.80 Å². The summed E-state index contributed by atoms with van der Waals surface area (Å²) in [6.45, 7) is 12.7. The molecule has 0 aliphatic rings. The summed E-state index contributed by atoms with van der Waals surface area (Å²) in [5.41, 5.74) is 5.71. The van der Waals surface area contributed by atoms with Gasteiger partial charge >= 0.3 is 0 Å². The van der Waals surface area contributed by atoms with Crippen LogP contribution in [0.15, 0.2) is 78.9 Å².